The number of amides is 3. The maximum absolute atomic E-state index is 13.0. The summed E-state index contributed by atoms with van der Waals surface area (Å²) in [6, 6.07) is 8.79. The first kappa shape index (κ1) is 23.9. The van der Waals surface area contributed by atoms with Crippen molar-refractivity contribution in [2.45, 2.75) is 45.1 Å². The number of thiocarbonyl (C=S) groups is 1. The fraction of sp³-hybridized carbons (Fsp3) is 0.348. The number of imide groups is 1. The van der Waals surface area contributed by atoms with Gasteiger partial charge in [-0.2, -0.15) is 0 Å². The number of carbonyl (C=O) groups excluding carboxylic acids is 3. The van der Waals surface area contributed by atoms with Crippen LogP contribution in [0.25, 0.3) is 6.08 Å². The average molecular weight is 473 g/mol. The van der Waals surface area contributed by atoms with Gasteiger partial charge in [0, 0.05) is 13.0 Å². The Morgan fingerprint density at radius 3 is 2.59 bits per heavy atom. The highest BCUT2D eigenvalue weighted by Gasteiger charge is 2.48. The van der Waals surface area contributed by atoms with Crippen LogP contribution in [0.2, 0.25) is 0 Å². The molecule has 168 valence electrons. The number of likely N-dealkylation sites (tertiary alicyclic amines) is 1. The molecule has 9 heteroatoms. The van der Waals surface area contributed by atoms with Gasteiger partial charge in [-0.05, 0) is 37.0 Å². The number of rotatable bonds is 9. The Balaban J connectivity index is 1.65. The molecule has 0 radical (unpaired) electrons. The van der Waals surface area contributed by atoms with Gasteiger partial charge in [0.15, 0.2) is 0 Å². The van der Waals surface area contributed by atoms with Crippen LogP contribution in [0.15, 0.2) is 46.9 Å². The molecule has 0 saturated carbocycles. The van der Waals surface area contributed by atoms with Gasteiger partial charge < -0.3 is 5.11 Å². The predicted molar refractivity (Wildman–Crippen MR) is 126 cm³/mol. The van der Waals surface area contributed by atoms with E-state index in [0.717, 1.165) is 27.8 Å². The molecule has 2 saturated heterocycles. The Morgan fingerprint density at radius 2 is 1.91 bits per heavy atom. The number of aliphatic carboxylic acids is 1. The first-order valence-electron chi connectivity index (χ1n) is 10.3. The summed E-state index contributed by atoms with van der Waals surface area (Å²) < 4.78 is 0.267. The van der Waals surface area contributed by atoms with Gasteiger partial charge in [-0.25, -0.2) is 0 Å². The number of carboxylic acid groups (broad SMARTS) is 1. The lowest BCUT2D eigenvalue weighted by Crippen LogP contribution is -2.44. The highest BCUT2D eigenvalue weighted by Crippen LogP contribution is 2.36. The normalized spacial score (nSPS) is 20.7. The van der Waals surface area contributed by atoms with Crippen molar-refractivity contribution < 1.29 is 24.3 Å². The molecule has 32 heavy (non-hydrogen) atoms. The second-order valence-corrected chi connectivity index (χ2v) is 9.33. The number of thioether (sulfide) groups is 1. The quantitative estimate of drug-likeness (QED) is 0.254. The highest BCUT2D eigenvalue weighted by molar-refractivity contribution is 8.26. The van der Waals surface area contributed by atoms with E-state index < -0.39 is 17.9 Å². The number of benzene rings is 1. The van der Waals surface area contributed by atoms with Gasteiger partial charge >= 0.3 is 5.97 Å². The summed E-state index contributed by atoms with van der Waals surface area (Å²) in [6.07, 6.45) is 5.28. The second-order valence-electron chi connectivity index (χ2n) is 7.66. The zero-order valence-electron chi connectivity index (χ0n) is 17.7. The Hall–Kier alpha value is -2.78. The molecule has 0 aliphatic carbocycles. The number of allylic oxidation sites excluding steroid dienone is 2. The first-order chi connectivity index (χ1) is 15.3. The van der Waals surface area contributed by atoms with Crippen LogP contribution in [-0.4, -0.2) is 55.5 Å². The topological polar surface area (TPSA) is 95.0 Å². The third-order valence-electron chi connectivity index (χ3n) is 5.18. The molecule has 1 aromatic rings. The number of carbonyl (C=O) groups is 4. The lowest BCUT2D eigenvalue weighted by atomic mass is 10.1. The summed E-state index contributed by atoms with van der Waals surface area (Å²) in [7, 11) is 0. The molecule has 3 rings (SSSR count). The third kappa shape index (κ3) is 5.72. The largest absolute Gasteiger partial charge is 0.481 e. The third-order valence-corrected chi connectivity index (χ3v) is 6.51. The molecule has 7 nitrogen and oxygen atoms in total. The van der Waals surface area contributed by atoms with E-state index in [1.54, 1.807) is 6.08 Å². The summed E-state index contributed by atoms with van der Waals surface area (Å²) in [5, 5.41) is 8.69. The average Bonchev–Trinajstić information content (AvgIpc) is 3.16. The molecule has 2 aliphatic rings. The second kappa shape index (κ2) is 10.7. The molecular weight excluding hydrogens is 448 g/mol. The summed E-state index contributed by atoms with van der Waals surface area (Å²) >= 11 is 6.49. The summed E-state index contributed by atoms with van der Waals surface area (Å²) in [4.78, 5) is 51.7. The van der Waals surface area contributed by atoms with Gasteiger partial charge in [0.25, 0.3) is 11.8 Å². The molecule has 3 amide bonds. The predicted octanol–water partition coefficient (Wildman–Crippen LogP) is 3.61. The lowest BCUT2D eigenvalue weighted by molar-refractivity contribution is -0.141. The van der Waals surface area contributed by atoms with Crippen LogP contribution in [0.4, 0.5) is 0 Å². The van der Waals surface area contributed by atoms with Gasteiger partial charge in [-0.15, -0.1) is 0 Å². The van der Waals surface area contributed by atoms with Gasteiger partial charge in [-0.3, -0.25) is 29.0 Å². The van der Waals surface area contributed by atoms with E-state index in [1.165, 1.54) is 4.90 Å². The van der Waals surface area contributed by atoms with Crippen molar-refractivity contribution in [3.8, 4) is 0 Å². The van der Waals surface area contributed by atoms with Crippen LogP contribution in [0.1, 0.15) is 44.6 Å². The summed E-state index contributed by atoms with van der Waals surface area (Å²) in [5.41, 5.74) is 1.88. The first-order valence-corrected chi connectivity index (χ1v) is 11.6. The number of unbranched alkanes of at least 4 members (excludes halogenated alkanes) is 2. The Morgan fingerprint density at radius 1 is 1.19 bits per heavy atom. The van der Waals surface area contributed by atoms with Crippen molar-refractivity contribution in [3.63, 3.8) is 0 Å². The van der Waals surface area contributed by atoms with Crippen molar-refractivity contribution in [2.75, 3.05) is 6.54 Å². The fourth-order valence-electron chi connectivity index (χ4n) is 3.63. The molecule has 1 N–H and O–H groups in total. The molecule has 2 heterocycles. The molecule has 2 fully saturated rings. The van der Waals surface area contributed by atoms with Crippen LogP contribution in [0.5, 0.6) is 0 Å². The molecule has 0 bridgehead atoms. The van der Waals surface area contributed by atoms with E-state index >= 15 is 0 Å². The van der Waals surface area contributed by atoms with Crippen molar-refractivity contribution in [1.29, 1.82) is 0 Å². The number of hydrogen-bond donors (Lipinski definition) is 1. The molecule has 1 atom stereocenters. The maximum atomic E-state index is 13.0. The van der Waals surface area contributed by atoms with Gasteiger partial charge in [0.2, 0.25) is 5.91 Å². The van der Waals surface area contributed by atoms with Gasteiger partial charge in [0.05, 0.1) is 11.3 Å². The minimum Gasteiger partial charge on any atom is -0.481 e. The van der Waals surface area contributed by atoms with Crippen molar-refractivity contribution in [1.82, 2.24) is 9.80 Å². The Labute approximate surface area is 196 Å². The zero-order chi connectivity index (χ0) is 23.3. The van der Waals surface area contributed by atoms with Crippen LogP contribution < -0.4 is 0 Å². The van der Waals surface area contributed by atoms with Gasteiger partial charge in [-0.1, -0.05) is 66.8 Å². The van der Waals surface area contributed by atoms with Gasteiger partial charge in [0.1, 0.15) is 10.4 Å². The van der Waals surface area contributed by atoms with Crippen LogP contribution in [-0.2, 0) is 19.2 Å². The number of carboxylic acids is 1. The van der Waals surface area contributed by atoms with Crippen molar-refractivity contribution in [3.05, 3.63) is 52.4 Å². The minimum absolute atomic E-state index is 0.0610. The van der Waals surface area contributed by atoms with Crippen LogP contribution in [0, 0.1) is 0 Å². The van der Waals surface area contributed by atoms with Crippen molar-refractivity contribution in [2.24, 2.45) is 0 Å². The highest BCUT2D eigenvalue weighted by atomic mass is 32.2. The smallest absolute Gasteiger partial charge is 0.303 e. The van der Waals surface area contributed by atoms with Crippen molar-refractivity contribution >= 4 is 58.1 Å². The monoisotopic (exact) mass is 472 g/mol. The minimum atomic E-state index is -0.918. The molecule has 0 unspecified atom stereocenters. The fourth-order valence-corrected chi connectivity index (χ4v) is 5.04. The molecule has 0 aromatic heterocycles. The van der Waals surface area contributed by atoms with E-state index in [2.05, 4.69) is 0 Å². The van der Waals surface area contributed by atoms with Crippen LogP contribution in [0.3, 0.4) is 0 Å². The molecular formula is C23H24N2O5S2. The number of nitrogens with zero attached hydrogens (tertiary/aromatic N) is 2. The Bertz CT molecular complexity index is 1000. The molecule has 2 aliphatic heterocycles. The SMILES string of the molecule is CC(/C=C1\SC(=S)N([C@H]2CC(=O)N(CCCCCC(=O)O)C2=O)C1=O)=C\c1ccccc1. The number of hydrogen-bond acceptors (Lipinski definition) is 6. The van der Waals surface area contributed by atoms with E-state index in [1.807, 2.05) is 43.3 Å². The molecule has 1 aromatic carbocycles. The van der Waals surface area contributed by atoms with E-state index in [-0.39, 0.29) is 35.5 Å². The summed E-state index contributed by atoms with van der Waals surface area (Å²) in [6.45, 7) is 2.10. The maximum Gasteiger partial charge on any atom is 0.303 e. The lowest BCUT2D eigenvalue weighted by Gasteiger charge is -2.21. The van der Waals surface area contributed by atoms with E-state index in [0.29, 0.717) is 24.2 Å². The zero-order valence-corrected chi connectivity index (χ0v) is 19.3. The van der Waals surface area contributed by atoms with Crippen LogP contribution >= 0.6 is 24.0 Å². The standard InChI is InChI=1S/C23H24N2O5S2/c1-15(12-16-8-4-2-5-9-16)13-18-22(30)25(23(31)32-18)17-14-19(26)24(21(17)29)11-7-3-6-10-20(27)28/h2,4-5,8-9,12-13,17H,3,6-7,10-11,14H2,1H3,(H,27,28)/b15-12+,18-13-/t17-/m0/s1. The van der Waals surface area contributed by atoms with E-state index in [4.69, 9.17) is 17.3 Å². The Kier molecular flexibility index (Phi) is 7.98. The molecule has 0 spiro atoms. The summed E-state index contributed by atoms with van der Waals surface area (Å²) in [5.74, 6) is -2.00. The van der Waals surface area contributed by atoms with E-state index in [9.17, 15) is 19.2 Å².